The number of rotatable bonds is 2. The van der Waals surface area contributed by atoms with Crippen LogP contribution in [-0.2, 0) is 0 Å². The summed E-state index contributed by atoms with van der Waals surface area (Å²) in [6.07, 6.45) is 1.95. The molecule has 0 saturated carbocycles. The van der Waals surface area contributed by atoms with Gasteiger partial charge in [-0.15, -0.1) is 12.6 Å². The molecule has 0 N–H and O–H groups in total. The van der Waals surface area contributed by atoms with Gasteiger partial charge in [0.05, 0.1) is 5.69 Å². The van der Waals surface area contributed by atoms with Gasteiger partial charge >= 0.3 is 0 Å². The highest BCUT2D eigenvalue weighted by Crippen LogP contribution is 2.26. The third-order valence-corrected chi connectivity index (χ3v) is 4.41. The highest BCUT2D eigenvalue weighted by atomic mass is 32.1. The molecule has 1 nitrogen and oxygen atoms in total. The van der Waals surface area contributed by atoms with Crippen LogP contribution in [-0.4, -0.2) is 6.21 Å². The van der Waals surface area contributed by atoms with Crippen LogP contribution in [0.15, 0.2) is 34.2 Å². The molecule has 0 aliphatic carbocycles. The van der Waals surface area contributed by atoms with Gasteiger partial charge in [0.2, 0.25) is 0 Å². The van der Waals surface area contributed by atoms with Gasteiger partial charge < -0.3 is 0 Å². The number of para-hydroxylation sites is 1. The van der Waals surface area contributed by atoms with Crippen molar-refractivity contribution in [3.63, 3.8) is 0 Å². The summed E-state index contributed by atoms with van der Waals surface area (Å²) in [5, 5.41) is 0. The molecule has 0 saturated heterocycles. The Kier molecular flexibility index (Phi) is 4.34. The molecule has 0 aliphatic rings. The second-order valence-electron chi connectivity index (χ2n) is 5.40. The van der Waals surface area contributed by atoms with E-state index in [-0.39, 0.29) is 0 Å². The summed E-state index contributed by atoms with van der Waals surface area (Å²) in [5.74, 6) is 0. The number of hydrogen-bond donors (Lipinski definition) is 1. The van der Waals surface area contributed by atoms with Crippen LogP contribution in [0.1, 0.15) is 33.4 Å². The van der Waals surface area contributed by atoms with E-state index in [0.29, 0.717) is 0 Å². The molecular formula is C18H21NS. The zero-order chi connectivity index (χ0) is 14.9. The monoisotopic (exact) mass is 283 g/mol. The maximum atomic E-state index is 4.71. The number of nitrogens with zero attached hydrogens (tertiary/aromatic N) is 1. The van der Waals surface area contributed by atoms with Crippen molar-refractivity contribution in [1.82, 2.24) is 0 Å². The van der Waals surface area contributed by atoms with Crippen LogP contribution in [0.4, 0.5) is 5.69 Å². The second kappa shape index (κ2) is 5.84. The fourth-order valence-electron chi connectivity index (χ4n) is 2.40. The van der Waals surface area contributed by atoms with Gasteiger partial charge in [0.25, 0.3) is 0 Å². The molecule has 0 bridgehead atoms. The van der Waals surface area contributed by atoms with Gasteiger partial charge in [0, 0.05) is 16.7 Å². The topological polar surface area (TPSA) is 12.4 Å². The van der Waals surface area contributed by atoms with E-state index in [2.05, 4.69) is 71.5 Å². The first-order chi connectivity index (χ1) is 9.41. The van der Waals surface area contributed by atoms with E-state index in [9.17, 15) is 0 Å². The standard InChI is InChI=1S/C18H21NS/c1-11-7-6-8-12(2)17(11)19-10-16-15(5)13(3)9-14(4)18(16)20/h6-10,20H,1-5H3. The van der Waals surface area contributed by atoms with Gasteiger partial charge in [-0.3, -0.25) is 4.99 Å². The van der Waals surface area contributed by atoms with Crippen molar-refractivity contribution in [2.24, 2.45) is 4.99 Å². The summed E-state index contributed by atoms with van der Waals surface area (Å²) in [6.45, 7) is 10.5. The lowest BCUT2D eigenvalue weighted by Crippen LogP contribution is -1.96. The van der Waals surface area contributed by atoms with Crippen molar-refractivity contribution >= 4 is 24.5 Å². The molecule has 2 aromatic carbocycles. The van der Waals surface area contributed by atoms with Crippen molar-refractivity contribution in [3.8, 4) is 0 Å². The summed E-state index contributed by atoms with van der Waals surface area (Å²) < 4.78 is 0. The average molecular weight is 283 g/mol. The summed E-state index contributed by atoms with van der Waals surface area (Å²) in [6, 6.07) is 8.43. The van der Waals surface area contributed by atoms with Gasteiger partial charge in [-0.1, -0.05) is 24.3 Å². The summed E-state index contributed by atoms with van der Waals surface area (Å²) in [7, 11) is 0. The number of hydrogen-bond acceptors (Lipinski definition) is 2. The Morgan fingerprint density at radius 2 is 1.50 bits per heavy atom. The van der Waals surface area contributed by atoms with Gasteiger partial charge in [-0.05, 0) is 62.4 Å². The fourth-order valence-corrected chi connectivity index (χ4v) is 2.69. The zero-order valence-corrected chi connectivity index (χ0v) is 13.7. The highest BCUT2D eigenvalue weighted by Gasteiger charge is 2.07. The molecule has 0 aromatic heterocycles. The zero-order valence-electron chi connectivity index (χ0n) is 12.8. The van der Waals surface area contributed by atoms with E-state index in [0.717, 1.165) is 16.1 Å². The summed E-state index contributed by atoms with van der Waals surface area (Å²) in [4.78, 5) is 5.72. The first-order valence-corrected chi connectivity index (χ1v) is 7.26. The van der Waals surface area contributed by atoms with Crippen LogP contribution in [0.3, 0.4) is 0 Å². The predicted octanol–water partition coefficient (Wildman–Crippen LogP) is 5.27. The Labute approximate surface area is 127 Å². The molecule has 0 spiro atoms. The van der Waals surface area contributed by atoms with E-state index in [4.69, 9.17) is 4.99 Å². The van der Waals surface area contributed by atoms with Crippen molar-refractivity contribution in [1.29, 1.82) is 0 Å². The summed E-state index contributed by atoms with van der Waals surface area (Å²) in [5.41, 5.74) is 8.29. The molecular weight excluding hydrogens is 262 g/mol. The van der Waals surface area contributed by atoms with Crippen LogP contribution < -0.4 is 0 Å². The van der Waals surface area contributed by atoms with Crippen LogP contribution in [0.2, 0.25) is 0 Å². The third kappa shape index (κ3) is 2.80. The quantitative estimate of drug-likeness (QED) is 0.569. The Morgan fingerprint density at radius 1 is 0.900 bits per heavy atom. The molecule has 0 unspecified atom stereocenters. The molecule has 0 aliphatic heterocycles. The molecule has 20 heavy (non-hydrogen) atoms. The van der Waals surface area contributed by atoms with Crippen molar-refractivity contribution in [3.05, 3.63) is 57.6 Å². The Bertz CT molecular complexity index is 638. The average Bonchev–Trinajstić information content (AvgIpc) is 2.39. The summed E-state index contributed by atoms with van der Waals surface area (Å²) >= 11 is 4.64. The molecule has 0 amide bonds. The van der Waals surface area contributed by atoms with Crippen LogP contribution in [0.25, 0.3) is 0 Å². The Hall–Kier alpha value is -1.54. The third-order valence-electron chi connectivity index (χ3n) is 3.82. The second-order valence-corrected chi connectivity index (χ2v) is 5.84. The molecule has 104 valence electrons. The lowest BCUT2D eigenvalue weighted by atomic mass is 10.0. The number of aliphatic imine (C=N–C) groups is 1. The van der Waals surface area contributed by atoms with Gasteiger partial charge in [0.15, 0.2) is 0 Å². The molecule has 2 aromatic rings. The highest BCUT2D eigenvalue weighted by molar-refractivity contribution is 7.80. The van der Waals surface area contributed by atoms with Crippen LogP contribution in [0, 0.1) is 34.6 Å². The molecule has 0 heterocycles. The fraction of sp³-hybridized carbons (Fsp3) is 0.278. The van der Waals surface area contributed by atoms with Crippen molar-refractivity contribution in [2.45, 2.75) is 39.5 Å². The first-order valence-electron chi connectivity index (χ1n) is 6.82. The number of benzene rings is 2. The minimum atomic E-state index is 1.02. The number of aryl methyl sites for hydroxylation is 4. The van der Waals surface area contributed by atoms with Crippen molar-refractivity contribution < 1.29 is 0 Å². The van der Waals surface area contributed by atoms with Gasteiger partial charge in [-0.2, -0.15) is 0 Å². The molecule has 2 heteroatoms. The molecule has 2 rings (SSSR count). The Balaban J connectivity index is 2.53. The van der Waals surface area contributed by atoms with Gasteiger partial charge in [0.1, 0.15) is 0 Å². The Morgan fingerprint density at radius 3 is 2.10 bits per heavy atom. The number of thiol groups is 1. The maximum absolute atomic E-state index is 4.71. The van der Waals surface area contributed by atoms with E-state index in [1.54, 1.807) is 0 Å². The van der Waals surface area contributed by atoms with Gasteiger partial charge in [-0.25, -0.2) is 0 Å². The minimum Gasteiger partial charge on any atom is -0.256 e. The molecule has 0 radical (unpaired) electrons. The van der Waals surface area contributed by atoms with E-state index >= 15 is 0 Å². The largest absolute Gasteiger partial charge is 0.256 e. The molecule has 0 fully saturated rings. The lowest BCUT2D eigenvalue weighted by Gasteiger charge is -2.11. The smallest absolute Gasteiger partial charge is 0.0688 e. The lowest BCUT2D eigenvalue weighted by molar-refractivity contribution is 1.20. The normalized spacial score (nSPS) is 11.3. The van der Waals surface area contributed by atoms with E-state index < -0.39 is 0 Å². The van der Waals surface area contributed by atoms with Crippen LogP contribution in [0.5, 0.6) is 0 Å². The predicted molar refractivity (Wildman–Crippen MR) is 91.1 cm³/mol. The molecule has 0 atom stereocenters. The van der Waals surface area contributed by atoms with Crippen LogP contribution >= 0.6 is 12.6 Å². The SMILES string of the molecule is Cc1cc(C)c(S)c(C=Nc2c(C)cccc2C)c1C. The van der Waals surface area contributed by atoms with E-state index in [1.807, 2.05) is 6.21 Å². The minimum absolute atomic E-state index is 1.02. The first kappa shape index (κ1) is 14.9. The van der Waals surface area contributed by atoms with E-state index in [1.165, 1.54) is 27.8 Å². The maximum Gasteiger partial charge on any atom is 0.0688 e. The van der Waals surface area contributed by atoms with Crippen molar-refractivity contribution in [2.75, 3.05) is 0 Å².